The Morgan fingerprint density at radius 1 is 1.06 bits per heavy atom. The van der Waals surface area contributed by atoms with Crippen LogP contribution >= 0.6 is 0 Å². The van der Waals surface area contributed by atoms with E-state index in [-0.39, 0.29) is 5.78 Å². The Hall–Kier alpha value is -3.16. The first-order valence-electron chi connectivity index (χ1n) is 10.7. The normalized spacial score (nSPS) is 21.5. The standard InChI is InChI=1S/C10H13N3O2.C6H8N2O.C4H8N2O/c14-8-3-5-13(6-4-8)10-11-9(12-15-10)7-1-2-7;7-5-8-3-1-6(9)2-4-8;5-4(6-7)3-1-2-3/h7H,1-6H2;1-4H2;3,7H,1-2H2,(H2,5,6). The number of carbonyl (C=O) groups excluding carboxylic acids is 2. The van der Waals surface area contributed by atoms with Gasteiger partial charge in [0.25, 0.3) is 0 Å². The van der Waals surface area contributed by atoms with E-state index in [1.807, 2.05) is 11.1 Å². The van der Waals surface area contributed by atoms with Crippen molar-refractivity contribution in [1.29, 1.82) is 5.26 Å². The Kier molecular flexibility index (Phi) is 7.81. The van der Waals surface area contributed by atoms with E-state index >= 15 is 0 Å². The predicted octanol–water partition coefficient (Wildman–Crippen LogP) is 1.39. The maximum Gasteiger partial charge on any atom is 0.324 e. The van der Waals surface area contributed by atoms with Crippen LogP contribution in [0.5, 0.6) is 0 Å². The maximum absolute atomic E-state index is 11.1. The fraction of sp³-hybridized carbons (Fsp3) is 0.700. The van der Waals surface area contributed by atoms with E-state index in [9.17, 15) is 9.59 Å². The molecule has 0 bridgehead atoms. The molecule has 2 aliphatic heterocycles. The number of likely N-dealkylation sites (tertiary alicyclic amines) is 1. The van der Waals surface area contributed by atoms with E-state index in [2.05, 4.69) is 15.3 Å². The van der Waals surface area contributed by atoms with Gasteiger partial charge in [-0.1, -0.05) is 10.3 Å². The minimum absolute atomic E-state index is 0.279. The highest BCUT2D eigenvalue weighted by molar-refractivity contribution is 5.84. The van der Waals surface area contributed by atoms with Crippen molar-refractivity contribution in [1.82, 2.24) is 15.0 Å². The topological polar surface area (TPSA) is 162 Å². The second-order valence-electron chi connectivity index (χ2n) is 8.16. The van der Waals surface area contributed by atoms with Crippen LogP contribution in [0.25, 0.3) is 0 Å². The molecule has 11 heteroatoms. The zero-order valence-corrected chi connectivity index (χ0v) is 17.6. The van der Waals surface area contributed by atoms with Crippen LogP contribution in [-0.4, -0.2) is 63.8 Å². The minimum atomic E-state index is 0.279. The van der Waals surface area contributed by atoms with Gasteiger partial charge in [-0.3, -0.25) is 9.59 Å². The van der Waals surface area contributed by atoms with E-state index in [0.29, 0.717) is 81.3 Å². The van der Waals surface area contributed by atoms with Crippen molar-refractivity contribution in [2.45, 2.75) is 57.3 Å². The molecule has 0 spiro atoms. The molecule has 0 amide bonds. The number of hydrogen-bond acceptors (Lipinski definition) is 10. The number of oxime groups is 1. The van der Waals surface area contributed by atoms with Crippen LogP contribution in [0.15, 0.2) is 9.68 Å². The molecule has 0 radical (unpaired) electrons. The van der Waals surface area contributed by atoms with E-state index in [1.165, 1.54) is 12.8 Å². The van der Waals surface area contributed by atoms with Crippen LogP contribution in [0.1, 0.15) is 63.1 Å². The van der Waals surface area contributed by atoms with Crippen molar-refractivity contribution in [3.05, 3.63) is 5.82 Å². The first-order valence-corrected chi connectivity index (χ1v) is 10.7. The molecule has 4 aliphatic rings. The van der Waals surface area contributed by atoms with Gasteiger partial charge in [-0.15, -0.1) is 0 Å². The summed E-state index contributed by atoms with van der Waals surface area (Å²) in [7, 11) is 0. The van der Waals surface area contributed by atoms with Gasteiger partial charge in [-0.2, -0.15) is 10.2 Å². The molecule has 2 saturated heterocycles. The van der Waals surface area contributed by atoms with Gasteiger partial charge in [-0.05, 0) is 25.7 Å². The van der Waals surface area contributed by atoms with E-state index in [4.69, 9.17) is 20.7 Å². The summed E-state index contributed by atoms with van der Waals surface area (Å²) in [5.41, 5.74) is 5.18. The first-order chi connectivity index (χ1) is 15.0. The van der Waals surface area contributed by atoms with Gasteiger partial charge in [0.1, 0.15) is 17.4 Å². The molecule has 3 heterocycles. The van der Waals surface area contributed by atoms with Crippen molar-refractivity contribution in [2.75, 3.05) is 31.1 Å². The Balaban J connectivity index is 0.000000145. The lowest BCUT2D eigenvalue weighted by molar-refractivity contribution is -0.121. The van der Waals surface area contributed by atoms with E-state index in [0.717, 1.165) is 18.7 Å². The third kappa shape index (κ3) is 7.24. The van der Waals surface area contributed by atoms with Crippen molar-refractivity contribution in [3.63, 3.8) is 0 Å². The van der Waals surface area contributed by atoms with Crippen molar-refractivity contribution < 1.29 is 19.3 Å². The third-order valence-electron chi connectivity index (χ3n) is 5.54. The van der Waals surface area contributed by atoms with E-state index < -0.39 is 0 Å². The smallest absolute Gasteiger partial charge is 0.324 e. The summed E-state index contributed by atoms with van der Waals surface area (Å²) in [5.74, 6) is 2.75. The molecule has 0 atom stereocenters. The van der Waals surface area contributed by atoms with Gasteiger partial charge in [0.2, 0.25) is 0 Å². The summed E-state index contributed by atoms with van der Waals surface area (Å²) in [4.78, 5) is 29.6. The molecule has 3 N–H and O–H groups in total. The molecular formula is C20H29N7O4. The Morgan fingerprint density at radius 3 is 2.10 bits per heavy atom. The summed E-state index contributed by atoms with van der Waals surface area (Å²) >= 11 is 0. The third-order valence-corrected chi connectivity index (χ3v) is 5.54. The van der Waals surface area contributed by atoms with Gasteiger partial charge >= 0.3 is 6.01 Å². The summed E-state index contributed by atoms with van der Waals surface area (Å²) in [6, 6.07) is 0.587. The number of ketones is 2. The van der Waals surface area contributed by atoms with Gasteiger partial charge < -0.3 is 25.3 Å². The summed E-state index contributed by atoms with van der Waals surface area (Å²) in [5, 5.41) is 23.2. The van der Waals surface area contributed by atoms with Gasteiger partial charge in [0, 0.05) is 63.7 Å². The lowest BCUT2D eigenvalue weighted by Gasteiger charge is -2.23. The zero-order chi connectivity index (χ0) is 22.2. The molecule has 0 unspecified atom stereocenters. The predicted molar refractivity (Wildman–Crippen MR) is 110 cm³/mol. The van der Waals surface area contributed by atoms with Gasteiger partial charge in [0.15, 0.2) is 12.0 Å². The van der Waals surface area contributed by atoms with Crippen LogP contribution < -0.4 is 10.6 Å². The minimum Gasteiger partial charge on any atom is -0.409 e. The maximum atomic E-state index is 11.1. The average molecular weight is 431 g/mol. The number of anilines is 1. The summed E-state index contributed by atoms with van der Waals surface area (Å²) < 4.78 is 5.19. The van der Waals surface area contributed by atoms with Crippen LogP contribution in [-0.2, 0) is 9.59 Å². The number of carbonyl (C=O) groups is 2. The zero-order valence-electron chi connectivity index (χ0n) is 17.6. The molecule has 1 aromatic rings. The molecule has 2 aliphatic carbocycles. The van der Waals surface area contributed by atoms with Crippen molar-refractivity contribution in [2.24, 2.45) is 16.8 Å². The van der Waals surface area contributed by atoms with Gasteiger partial charge in [0.05, 0.1) is 0 Å². The molecule has 31 heavy (non-hydrogen) atoms. The van der Waals surface area contributed by atoms with Crippen molar-refractivity contribution >= 4 is 23.4 Å². The van der Waals surface area contributed by atoms with Crippen LogP contribution in [0.2, 0.25) is 0 Å². The second-order valence-corrected chi connectivity index (χ2v) is 8.16. The molecular weight excluding hydrogens is 402 g/mol. The lowest BCUT2D eigenvalue weighted by Crippen LogP contribution is -2.33. The first kappa shape index (κ1) is 22.5. The Morgan fingerprint density at radius 2 is 1.65 bits per heavy atom. The molecule has 11 nitrogen and oxygen atoms in total. The Bertz CT molecular complexity index is 819. The molecule has 168 valence electrons. The second kappa shape index (κ2) is 10.7. The monoisotopic (exact) mass is 431 g/mol. The summed E-state index contributed by atoms with van der Waals surface area (Å²) in [6.45, 7) is 2.67. The van der Waals surface area contributed by atoms with Crippen LogP contribution in [0.3, 0.4) is 0 Å². The number of aromatic nitrogens is 2. The number of rotatable bonds is 3. The number of Topliss-reactive ketones (excluding diaryl/α,β-unsaturated/α-hetero) is 2. The fourth-order valence-corrected chi connectivity index (χ4v) is 3.13. The molecule has 0 aromatic carbocycles. The fourth-order valence-electron chi connectivity index (χ4n) is 3.13. The highest BCUT2D eigenvalue weighted by atomic mass is 16.5. The number of piperidine rings is 2. The number of nitrogens with zero attached hydrogens (tertiary/aromatic N) is 6. The van der Waals surface area contributed by atoms with Crippen LogP contribution in [0, 0.1) is 17.4 Å². The number of nitriles is 1. The van der Waals surface area contributed by atoms with E-state index in [1.54, 1.807) is 4.90 Å². The van der Waals surface area contributed by atoms with Crippen molar-refractivity contribution in [3.8, 4) is 6.19 Å². The number of hydrogen-bond donors (Lipinski definition) is 2. The average Bonchev–Trinajstić information content (AvgIpc) is 3.74. The highest BCUT2D eigenvalue weighted by Crippen LogP contribution is 2.38. The lowest BCUT2D eigenvalue weighted by atomic mass is 10.1. The SMILES string of the molecule is N#CN1CCC(=O)CC1.NC(=NO)C1CC1.O=C1CCN(c2nc(C3CC3)no2)CC1. The van der Waals surface area contributed by atoms with Crippen LogP contribution in [0.4, 0.5) is 6.01 Å². The van der Waals surface area contributed by atoms with Gasteiger partial charge in [-0.25, -0.2) is 0 Å². The molecule has 2 saturated carbocycles. The molecule has 5 rings (SSSR count). The molecule has 4 fully saturated rings. The number of amidine groups is 1. The Labute approximate surface area is 180 Å². The highest BCUT2D eigenvalue weighted by Gasteiger charge is 2.30. The summed E-state index contributed by atoms with van der Waals surface area (Å²) in [6.07, 6.45) is 8.84. The largest absolute Gasteiger partial charge is 0.409 e. The molecule has 1 aromatic heterocycles. The number of nitrogens with two attached hydrogens (primary N) is 1. The quantitative estimate of drug-likeness (QED) is 0.235.